The molecule has 0 fully saturated rings. The third-order valence-electron chi connectivity index (χ3n) is 7.78. The quantitative estimate of drug-likeness (QED) is 0.175. The Labute approximate surface area is 258 Å². The summed E-state index contributed by atoms with van der Waals surface area (Å²) in [7, 11) is 0. The number of carbonyl (C=O) groups is 2. The minimum absolute atomic E-state index is 0.0129. The van der Waals surface area contributed by atoms with Crippen molar-refractivity contribution in [3.8, 4) is 11.5 Å². The van der Waals surface area contributed by atoms with E-state index in [1.807, 2.05) is 13.8 Å². The Morgan fingerprint density at radius 3 is 1.63 bits per heavy atom. The van der Waals surface area contributed by atoms with Gasteiger partial charge < -0.3 is 20.1 Å². The smallest absolute Gasteiger partial charge is 0.341 e. The first-order valence-corrected chi connectivity index (χ1v) is 15.8. The number of halogens is 2. The number of ether oxygens (including phenoxy) is 1. The molecule has 6 nitrogen and oxygen atoms in total. The molecule has 0 unspecified atom stereocenters. The molecule has 3 aromatic rings. The van der Waals surface area contributed by atoms with Crippen molar-refractivity contribution in [2.75, 3.05) is 0 Å². The second-order valence-electron chi connectivity index (χ2n) is 10.5. The first-order valence-electron chi connectivity index (χ1n) is 14.3. The van der Waals surface area contributed by atoms with Gasteiger partial charge in [0.25, 0.3) is 0 Å². The number of cyclic esters (lactones) is 1. The summed E-state index contributed by atoms with van der Waals surface area (Å²) in [4.78, 5) is 26.2. The molecule has 0 saturated heterocycles. The van der Waals surface area contributed by atoms with Crippen molar-refractivity contribution < 1.29 is 29.6 Å². The summed E-state index contributed by atoms with van der Waals surface area (Å²) in [5, 5.41) is 32.3. The van der Waals surface area contributed by atoms with Gasteiger partial charge in [0.2, 0.25) is 0 Å². The van der Waals surface area contributed by atoms with E-state index in [1.54, 1.807) is 24.3 Å². The summed E-state index contributed by atoms with van der Waals surface area (Å²) in [5.41, 5.74) is 3.40. The molecule has 41 heavy (non-hydrogen) atoms. The Hall–Kier alpha value is -2.84. The van der Waals surface area contributed by atoms with Gasteiger partial charge in [0.05, 0.1) is 11.1 Å². The summed E-state index contributed by atoms with van der Waals surface area (Å²) in [6.45, 7) is 8.20. The van der Waals surface area contributed by atoms with Crippen LogP contribution in [-0.4, -0.2) is 27.3 Å². The minimum Gasteiger partial charge on any atom is -0.508 e. The molecule has 0 atom stereocenters. The molecule has 8 heteroatoms. The lowest BCUT2D eigenvalue weighted by Gasteiger charge is -2.37. The van der Waals surface area contributed by atoms with Crippen LogP contribution < -0.4 is 0 Å². The predicted octanol–water partition coefficient (Wildman–Crippen LogP) is 8.59. The lowest BCUT2D eigenvalue weighted by atomic mass is 9.72. The highest BCUT2D eigenvalue weighted by atomic mass is 79.9. The van der Waals surface area contributed by atoms with E-state index in [4.69, 9.17) is 4.74 Å². The maximum Gasteiger partial charge on any atom is 0.341 e. The van der Waals surface area contributed by atoms with Crippen molar-refractivity contribution >= 4 is 43.8 Å². The summed E-state index contributed by atoms with van der Waals surface area (Å²) < 4.78 is 7.65. The van der Waals surface area contributed by atoms with Crippen molar-refractivity contribution in [3.63, 3.8) is 0 Å². The average molecular weight is 688 g/mol. The molecule has 0 aliphatic carbocycles. The van der Waals surface area contributed by atoms with Gasteiger partial charge in [-0.3, -0.25) is 0 Å². The molecular formula is C33H36Br2O6. The lowest BCUT2D eigenvalue weighted by Crippen LogP contribution is -2.34. The zero-order valence-electron chi connectivity index (χ0n) is 23.9. The van der Waals surface area contributed by atoms with Crippen LogP contribution in [0.1, 0.15) is 113 Å². The number of aromatic hydroxyl groups is 2. The third kappa shape index (κ3) is 5.18. The first kappa shape index (κ1) is 31.1. The van der Waals surface area contributed by atoms with Gasteiger partial charge in [0.1, 0.15) is 11.5 Å². The molecule has 3 N–H and O–H groups in total. The number of hydrogen-bond acceptors (Lipinski definition) is 5. The van der Waals surface area contributed by atoms with Crippen LogP contribution >= 0.6 is 31.9 Å². The lowest BCUT2D eigenvalue weighted by molar-refractivity contribution is 0.0239. The highest BCUT2D eigenvalue weighted by molar-refractivity contribution is 9.10. The number of rotatable bonds is 11. The van der Waals surface area contributed by atoms with Gasteiger partial charge in [0, 0.05) is 25.6 Å². The number of aromatic carboxylic acids is 1. The summed E-state index contributed by atoms with van der Waals surface area (Å²) in [6, 6.07) is 8.11. The van der Waals surface area contributed by atoms with E-state index in [0.717, 1.165) is 47.9 Å². The van der Waals surface area contributed by atoms with Crippen LogP contribution in [0.3, 0.4) is 0 Å². The van der Waals surface area contributed by atoms with Crippen LogP contribution in [0.15, 0.2) is 39.3 Å². The molecule has 0 aromatic heterocycles. The SMILES string of the molecule is CCCc1c(O)cc(Br)c(C2(c3c(Br)cc(O)c(CCC)c3CCC)OC(=O)c3c(C(=O)O)cccc32)c1CCC. The molecule has 3 aromatic carbocycles. The topological polar surface area (TPSA) is 104 Å². The molecule has 0 saturated carbocycles. The Morgan fingerprint density at radius 2 is 1.22 bits per heavy atom. The Bertz CT molecular complexity index is 1440. The third-order valence-corrected chi connectivity index (χ3v) is 9.03. The van der Waals surface area contributed by atoms with E-state index in [1.165, 1.54) is 6.07 Å². The van der Waals surface area contributed by atoms with Crippen molar-refractivity contribution in [2.45, 2.75) is 84.7 Å². The average Bonchev–Trinajstić information content (AvgIpc) is 3.21. The fourth-order valence-corrected chi connectivity index (χ4v) is 7.78. The number of carboxylic acid groups (broad SMARTS) is 1. The van der Waals surface area contributed by atoms with Crippen LogP contribution in [0.2, 0.25) is 0 Å². The fourth-order valence-electron chi connectivity index (χ4n) is 6.31. The van der Waals surface area contributed by atoms with E-state index in [-0.39, 0.29) is 22.6 Å². The Balaban J connectivity index is 2.32. The largest absolute Gasteiger partial charge is 0.508 e. The van der Waals surface area contributed by atoms with Gasteiger partial charge in [0.15, 0.2) is 5.60 Å². The number of fused-ring (bicyclic) bond motifs is 1. The summed E-state index contributed by atoms with van der Waals surface area (Å²) in [5.74, 6) is -1.62. The van der Waals surface area contributed by atoms with Crippen molar-refractivity contribution in [1.82, 2.24) is 0 Å². The van der Waals surface area contributed by atoms with Crippen LogP contribution in [0.5, 0.6) is 11.5 Å². The van der Waals surface area contributed by atoms with Gasteiger partial charge in [-0.05, 0) is 66.1 Å². The molecule has 0 amide bonds. The number of esters is 1. The molecule has 0 bridgehead atoms. The highest BCUT2D eigenvalue weighted by Gasteiger charge is 2.54. The van der Waals surface area contributed by atoms with Crippen LogP contribution in [-0.2, 0) is 36.0 Å². The van der Waals surface area contributed by atoms with Gasteiger partial charge >= 0.3 is 11.9 Å². The highest BCUT2D eigenvalue weighted by Crippen LogP contribution is 2.56. The Morgan fingerprint density at radius 1 is 0.780 bits per heavy atom. The van der Waals surface area contributed by atoms with E-state index in [9.17, 15) is 24.9 Å². The van der Waals surface area contributed by atoms with Gasteiger partial charge in [-0.1, -0.05) is 97.4 Å². The van der Waals surface area contributed by atoms with E-state index < -0.39 is 17.5 Å². The van der Waals surface area contributed by atoms with E-state index >= 15 is 0 Å². The van der Waals surface area contributed by atoms with Crippen LogP contribution in [0.25, 0.3) is 0 Å². The number of carbonyl (C=O) groups excluding carboxylic acids is 1. The maximum absolute atomic E-state index is 13.9. The molecule has 1 heterocycles. The minimum atomic E-state index is -1.54. The second kappa shape index (κ2) is 12.6. The monoisotopic (exact) mass is 686 g/mol. The van der Waals surface area contributed by atoms with E-state index in [0.29, 0.717) is 51.3 Å². The summed E-state index contributed by atoms with van der Waals surface area (Å²) >= 11 is 7.47. The first-order chi connectivity index (χ1) is 19.6. The maximum atomic E-state index is 13.9. The molecule has 0 radical (unpaired) electrons. The van der Waals surface area contributed by atoms with Crippen LogP contribution in [0.4, 0.5) is 0 Å². The summed E-state index contributed by atoms with van der Waals surface area (Å²) in [6.07, 6.45) is 5.57. The number of phenolic OH excluding ortho intramolecular Hbond substituents is 2. The van der Waals surface area contributed by atoms with E-state index in [2.05, 4.69) is 45.7 Å². The molecular weight excluding hydrogens is 652 g/mol. The zero-order valence-corrected chi connectivity index (χ0v) is 27.0. The van der Waals surface area contributed by atoms with Crippen molar-refractivity contribution in [2.24, 2.45) is 0 Å². The normalized spacial score (nSPS) is 13.8. The van der Waals surface area contributed by atoms with Crippen LogP contribution in [0, 0.1) is 0 Å². The molecule has 1 aliphatic heterocycles. The number of benzene rings is 3. The standard InChI is InChI=1S/C33H36Br2O6/c1-5-10-18-20(12-7-3)29(24(34)16-26(18)36)33(23-15-9-14-22(31(38)39)28(23)32(40)41-33)30-21(13-8-4)19(11-6-2)27(37)17-25(30)35/h9,14-17,36-37H,5-8,10-13H2,1-4H3,(H,38,39). The Kier molecular flexibility index (Phi) is 9.54. The number of hydrogen-bond donors (Lipinski definition) is 3. The van der Waals surface area contributed by atoms with Crippen molar-refractivity contribution in [1.29, 1.82) is 0 Å². The predicted molar refractivity (Wildman–Crippen MR) is 166 cm³/mol. The van der Waals surface area contributed by atoms with Gasteiger partial charge in [-0.15, -0.1) is 0 Å². The number of phenols is 2. The van der Waals surface area contributed by atoms with Crippen molar-refractivity contribution in [3.05, 3.63) is 89.3 Å². The number of carboxylic acids is 1. The molecule has 1 aliphatic rings. The molecule has 4 rings (SSSR count). The second-order valence-corrected chi connectivity index (χ2v) is 12.2. The fraction of sp³-hybridized carbons (Fsp3) is 0.394. The zero-order chi connectivity index (χ0) is 30.1. The van der Waals surface area contributed by atoms with Gasteiger partial charge in [-0.25, -0.2) is 9.59 Å². The molecule has 0 spiro atoms. The van der Waals surface area contributed by atoms with Gasteiger partial charge in [-0.2, -0.15) is 0 Å². The molecule has 218 valence electrons.